The van der Waals surface area contributed by atoms with E-state index >= 15 is 0 Å². The van der Waals surface area contributed by atoms with Crippen LogP contribution < -0.4 is 9.80 Å². The van der Waals surface area contributed by atoms with E-state index in [-0.39, 0.29) is 11.8 Å². The van der Waals surface area contributed by atoms with Crippen molar-refractivity contribution in [2.24, 2.45) is 5.92 Å². The van der Waals surface area contributed by atoms with Crippen LogP contribution in [0.3, 0.4) is 0 Å². The SMILES string of the molecule is O=C(C1CCN(c2ncccc2Cl)C1)N1CCc2ccccc21. The van der Waals surface area contributed by atoms with Crippen LogP contribution in [0.5, 0.6) is 0 Å². The Kier molecular flexibility index (Phi) is 3.69. The van der Waals surface area contributed by atoms with Crippen molar-refractivity contribution in [2.45, 2.75) is 12.8 Å². The minimum Gasteiger partial charge on any atom is -0.355 e. The standard InChI is InChI=1S/C18H18ClN3O/c19-15-5-3-9-20-17(15)21-10-7-14(12-21)18(23)22-11-8-13-4-1-2-6-16(13)22/h1-6,9,14H,7-8,10-12H2. The molecule has 0 N–H and O–H groups in total. The molecule has 1 amide bonds. The summed E-state index contributed by atoms with van der Waals surface area (Å²) in [4.78, 5) is 21.3. The minimum atomic E-state index is 0.0132. The molecule has 118 valence electrons. The van der Waals surface area contributed by atoms with Crippen LogP contribution in [0.1, 0.15) is 12.0 Å². The predicted octanol–water partition coefficient (Wildman–Crippen LogP) is 3.15. The minimum absolute atomic E-state index is 0.0132. The lowest BCUT2D eigenvalue weighted by atomic mass is 10.1. The first-order chi connectivity index (χ1) is 11.2. The van der Waals surface area contributed by atoms with Crippen LogP contribution in [0, 0.1) is 5.92 Å². The third-order valence-corrected chi connectivity index (χ3v) is 5.02. The molecule has 1 unspecified atom stereocenters. The van der Waals surface area contributed by atoms with Crippen molar-refractivity contribution in [1.82, 2.24) is 4.98 Å². The Labute approximate surface area is 140 Å². The molecule has 0 radical (unpaired) electrons. The van der Waals surface area contributed by atoms with Crippen LogP contribution in [0.15, 0.2) is 42.6 Å². The highest BCUT2D eigenvalue weighted by Crippen LogP contribution is 2.33. The van der Waals surface area contributed by atoms with Gasteiger partial charge in [-0.15, -0.1) is 0 Å². The largest absolute Gasteiger partial charge is 0.355 e. The van der Waals surface area contributed by atoms with Gasteiger partial charge in [-0.3, -0.25) is 4.79 Å². The Morgan fingerprint density at radius 2 is 2.04 bits per heavy atom. The molecule has 0 saturated carbocycles. The van der Waals surface area contributed by atoms with Gasteiger partial charge in [-0.1, -0.05) is 29.8 Å². The van der Waals surface area contributed by atoms with Crippen molar-refractivity contribution in [1.29, 1.82) is 0 Å². The van der Waals surface area contributed by atoms with Gasteiger partial charge in [-0.2, -0.15) is 0 Å². The van der Waals surface area contributed by atoms with Gasteiger partial charge in [0.25, 0.3) is 0 Å². The quantitative estimate of drug-likeness (QED) is 0.850. The summed E-state index contributed by atoms with van der Waals surface area (Å²) < 4.78 is 0. The second kappa shape index (κ2) is 5.85. The summed E-state index contributed by atoms with van der Waals surface area (Å²) in [6.45, 7) is 2.30. The molecule has 1 aromatic heterocycles. The molecule has 4 rings (SSSR count). The monoisotopic (exact) mass is 327 g/mol. The fourth-order valence-corrected chi connectivity index (χ4v) is 3.79. The number of rotatable bonds is 2. The second-order valence-electron chi connectivity index (χ2n) is 6.11. The zero-order valence-electron chi connectivity index (χ0n) is 12.8. The topological polar surface area (TPSA) is 36.4 Å². The smallest absolute Gasteiger partial charge is 0.231 e. The number of fused-ring (bicyclic) bond motifs is 1. The molecular formula is C18H18ClN3O. The molecule has 1 aromatic carbocycles. The molecule has 1 saturated heterocycles. The van der Waals surface area contributed by atoms with Crippen LogP contribution in [0.25, 0.3) is 0 Å². The highest BCUT2D eigenvalue weighted by atomic mass is 35.5. The Morgan fingerprint density at radius 3 is 2.91 bits per heavy atom. The Bertz CT molecular complexity index is 749. The summed E-state index contributed by atoms with van der Waals surface area (Å²) in [5, 5.41) is 0.645. The number of aromatic nitrogens is 1. The maximum absolute atomic E-state index is 12.9. The average molecular weight is 328 g/mol. The van der Waals surface area contributed by atoms with E-state index < -0.39 is 0 Å². The van der Waals surface area contributed by atoms with Crippen molar-refractivity contribution in [3.8, 4) is 0 Å². The fraction of sp³-hybridized carbons (Fsp3) is 0.333. The van der Waals surface area contributed by atoms with Gasteiger partial charge in [0.1, 0.15) is 5.82 Å². The molecule has 2 aromatic rings. The van der Waals surface area contributed by atoms with Crippen molar-refractivity contribution >= 4 is 29.0 Å². The van der Waals surface area contributed by atoms with Gasteiger partial charge in [0, 0.05) is 31.5 Å². The van der Waals surface area contributed by atoms with E-state index in [4.69, 9.17) is 11.6 Å². The van der Waals surface area contributed by atoms with E-state index in [1.807, 2.05) is 35.2 Å². The van der Waals surface area contributed by atoms with Crippen LogP contribution >= 0.6 is 11.6 Å². The van der Waals surface area contributed by atoms with E-state index in [0.29, 0.717) is 11.6 Å². The number of hydrogen-bond donors (Lipinski definition) is 0. The van der Waals surface area contributed by atoms with Crippen LogP contribution in [-0.4, -0.2) is 30.5 Å². The number of carbonyl (C=O) groups is 1. The van der Waals surface area contributed by atoms with E-state index in [2.05, 4.69) is 16.0 Å². The van der Waals surface area contributed by atoms with Crippen molar-refractivity contribution in [3.05, 3.63) is 53.2 Å². The number of anilines is 2. The highest BCUT2D eigenvalue weighted by molar-refractivity contribution is 6.32. The van der Waals surface area contributed by atoms with Gasteiger partial charge in [0.15, 0.2) is 0 Å². The molecule has 5 heteroatoms. The summed E-state index contributed by atoms with van der Waals surface area (Å²) in [5.74, 6) is 1.02. The number of amides is 1. The first-order valence-corrected chi connectivity index (χ1v) is 8.36. The van der Waals surface area contributed by atoms with Gasteiger partial charge >= 0.3 is 0 Å². The molecule has 0 bridgehead atoms. The molecule has 3 heterocycles. The molecule has 0 spiro atoms. The van der Waals surface area contributed by atoms with Crippen LogP contribution in [0.2, 0.25) is 5.02 Å². The lowest BCUT2D eigenvalue weighted by molar-refractivity contribution is -0.121. The maximum atomic E-state index is 12.9. The summed E-state index contributed by atoms with van der Waals surface area (Å²) in [7, 11) is 0. The first kappa shape index (κ1) is 14.5. The van der Waals surface area contributed by atoms with E-state index in [1.54, 1.807) is 6.20 Å². The molecule has 4 nitrogen and oxygen atoms in total. The highest BCUT2D eigenvalue weighted by Gasteiger charge is 2.35. The average Bonchev–Trinajstić information content (AvgIpc) is 3.22. The van der Waals surface area contributed by atoms with Crippen LogP contribution in [0.4, 0.5) is 11.5 Å². The molecule has 2 aliphatic rings. The first-order valence-electron chi connectivity index (χ1n) is 7.99. The van der Waals surface area contributed by atoms with Crippen molar-refractivity contribution in [3.63, 3.8) is 0 Å². The Hall–Kier alpha value is -2.07. The van der Waals surface area contributed by atoms with Crippen molar-refractivity contribution < 1.29 is 4.79 Å². The Morgan fingerprint density at radius 1 is 1.17 bits per heavy atom. The Balaban J connectivity index is 1.50. The number of halogens is 1. The van der Waals surface area contributed by atoms with Gasteiger partial charge in [-0.05, 0) is 36.6 Å². The van der Waals surface area contributed by atoms with Gasteiger partial charge in [0.05, 0.1) is 10.9 Å². The summed E-state index contributed by atoms with van der Waals surface area (Å²) in [6.07, 6.45) is 3.54. The van der Waals surface area contributed by atoms with Gasteiger partial charge in [0.2, 0.25) is 5.91 Å². The molecule has 23 heavy (non-hydrogen) atoms. The number of carbonyl (C=O) groups excluding carboxylic acids is 1. The van der Waals surface area contributed by atoms with E-state index in [0.717, 1.165) is 37.4 Å². The summed E-state index contributed by atoms with van der Waals surface area (Å²) in [6, 6.07) is 11.9. The third-order valence-electron chi connectivity index (χ3n) is 4.73. The number of nitrogens with zero attached hydrogens (tertiary/aromatic N) is 3. The molecule has 0 aliphatic carbocycles. The lowest BCUT2D eigenvalue weighted by Crippen LogP contribution is -2.36. The van der Waals surface area contributed by atoms with Gasteiger partial charge in [-0.25, -0.2) is 4.98 Å². The zero-order valence-corrected chi connectivity index (χ0v) is 13.5. The molecule has 2 aliphatic heterocycles. The van der Waals surface area contributed by atoms with Crippen molar-refractivity contribution in [2.75, 3.05) is 29.4 Å². The fourth-order valence-electron chi connectivity index (χ4n) is 3.55. The summed E-state index contributed by atoms with van der Waals surface area (Å²) in [5.41, 5.74) is 2.34. The molecule has 1 fully saturated rings. The zero-order chi connectivity index (χ0) is 15.8. The maximum Gasteiger partial charge on any atom is 0.231 e. The second-order valence-corrected chi connectivity index (χ2v) is 6.52. The lowest BCUT2D eigenvalue weighted by Gasteiger charge is -2.22. The van der Waals surface area contributed by atoms with E-state index in [9.17, 15) is 4.79 Å². The number of para-hydroxylation sites is 1. The third kappa shape index (κ3) is 2.57. The predicted molar refractivity (Wildman–Crippen MR) is 92.1 cm³/mol. The summed E-state index contributed by atoms with van der Waals surface area (Å²) >= 11 is 6.23. The van der Waals surface area contributed by atoms with Gasteiger partial charge < -0.3 is 9.80 Å². The number of pyridine rings is 1. The number of hydrogen-bond acceptors (Lipinski definition) is 3. The molecule has 1 atom stereocenters. The number of benzene rings is 1. The normalized spacial score (nSPS) is 20.0. The van der Waals surface area contributed by atoms with E-state index in [1.165, 1.54) is 5.56 Å². The van der Waals surface area contributed by atoms with Crippen LogP contribution in [-0.2, 0) is 11.2 Å². The molecular weight excluding hydrogens is 310 g/mol.